The molecule has 1 saturated heterocycles. The number of hydrogen-bond donors (Lipinski definition) is 8. The highest BCUT2D eigenvalue weighted by Gasteiger charge is 2.53. The Morgan fingerprint density at radius 2 is 1.45 bits per heavy atom. The van der Waals surface area contributed by atoms with Crippen molar-refractivity contribution in [2.24, 2.45) is 5.41 Å². The maximum absolute atomic E-state index is 14.7. The molecule has 87 heavy (non-hydrogen) atoms. The Hall–Kier alpha value is -7.59. The summed E-state index contributed by atoms with van der Waals surface area (Å²) in [5, 5.41) is 43.1. The molecule has 2 aromatic heterocycles. The molecule has 5 amide bonds. The predicted octanol–water partition coefficient (Wildman–Crippen LogP) is 9.55. The number of halogens is 1. The molecule has 6 aromatic rings. The Morgan fingerprint density at radius 1 is 0.782 bits per heavy atom. The van der Waals surface area contributed by atoms with Crippen LogP contribution in [0.4, 0.5) is 4.39 Å². The van der Waals surface area contributed by atoms with Crippen LogP contribution in [0.2, 0.25) is 0 Å². The van der Waals surface area contributed by atoms with Crippen LogP contribution in [0.3, 0.4) is 0 Å². The second kappa shape index (κ2) is 29.4. The number of unbranched alkanes of at least 4 members (excludes halogenated alkanes) is 5. The van der Waals surface area contributed by atoms with Gasteiger partial charge >= 0.3 is 0 Å². The lowest BCUT2D eigenvalue weighted by Crippen LogP contribution is -2.59. The normalized spacial score (nSPS) is 18.7. The molecular weight excluding hydrogens is 1120 g/mol. The number of β-amino-alcohol motifs (C(OH)–C–C–N with tert-alkyl or cyclic N) is 1. The van der Waals surface area contributed by atoms with Crippen LogP contribution >= 0.6 is 12.6 Å². The zero-order valence-corrected chi connectivity index (χ0v) is 51.2. The molecular formula is C69H84FN9O7S. The molecule has 3 aliphatic rings. The predicted molar refractivity (Wildman–Crippen MR) is 339 cm³/mol. The van der Waals surface area contributed by atoms with Crippen LogP contribution < -0.4 is 26.8 Å². The van der Waals surface area contributed by atoms with Gasteiger partial charge in [-0.1, -0.05) is 143 Å². The molecule has 18 heteroatoms. The van der Waals surface area contributed by atoms with Crippen molar-refractivity contribution in [3.63, 3.8) is 0 Å². The summed E-state index contributed by atoms with van der Waals surface area (Å²) in [5.74, 6) is 4.92. The minimum atomic E-state index is -2.00. The van der Waals surface area contributed by atoms with Crippen LogP contribution in [-0.4, -0.2) is 108 Å². The number of carbonyl (C=O) groups is 5. The van der Waals surface area contributed by atoms with Crippen LogP contribution in [0.1, 0.15) is 158 Å². The zero-order valence-electron chi connectivity index (χ0n) is 50.3. The number of carbonyl (C=O) groups excluding carboxylic acids is 5. The van der Waals surface area contributed by atoms with Gasteiger partial charge in [-0.3, -0.25) is 29.4 Å². The molecule has 3 heterocycles. The average molecular weight is 1200 g/mol. The number of nitrogens with zero attached hydrogens (tertiary/aromatic N) is 4. The number of alkyl halides is 1. The maximum atomic E-state index is 14.7. The van der Waals surface area contributed by atoms with E-state index in [9.17, 15) is 44.0 Å². The van der Waals surface area contributed by atoms with Crippen molar-refractivity contribution in [1.29, 1.82) is 5.41 Å². The number of benzene rings is 4. The van der Waals surface area contributed by atoms with Crippen molar-refractivity contribution >= 4 is 53.2 Å². The number of nitrogens with one attached hydrogen (secondary N) is 5. The number of thiol groups is 1. The fraction of sp³-hybridized carbons (Fsp3) is 0.464. The number of aromatic nitrogens is 3. The molecule has 0 radical (unpaired) electrons. The molecule has 9 rings (SSSR count). The van der Waals surface area contributed by atoms with Gasteiger partial charge in [-0.15, -0.1) is 0 Å². The second-order valence-corrected chi connectivity index (χ2v) is 25.1. The van der Waals surface area contributed by atoms with Crippen molar-refractivity contribution in [3.8, 4) is 34.2 Å². The number of fused-ring (bicyclic) bond motifs is 1. The Morgan fingerprint density at radius 3 is 2.13 bits per heavy atom. The SMILES string of the molecule is CC(C)(C)C(NC(=O)C1(F)CC1)C(=O)N1C[C@H](O)C[C@H]1C(=O)N[C@@H](CC(=O)NCCCCCCC(=O)NCCCCC#Cc1cccc(Cn2c(-c3ccccc3)c(-c3ccccc3)c3c(=N)n(C4CCC(O)CC4)cnc32)c1)c1ccc(CS)cc1. The third-order valence-corrected chi connectivity index (χ3v) is 17.4. The minimum absolute atomic E-state index is 0.00505. The van der Waals surface area contributed by atoms with Gasteiger partial charge in [-0.2, -0.15) is 12.6 Å². The standard InChI is InChI=1S/C69H84FN9O7S/c1-68(2,3)62(76-67(86)69(70)35-36-69)66(85)77-43-54(81)40-56(77)65(84)75-55(49-29-27-47(44-87)28-30-49)41-58(83)73-38-17-7-5-15-26-57(82)72-37-16-6-4-10-19-46-20-18-21-48(39-46)42-78-61(51-24-13-9-14-25-51)59(50-22-11-8-12-23-50)60-63(71)79(45-74-64(60)78)52-31-33-53(80)34-32-52/h8-9,11-14,18,20-25,27-30,39,45,52-56,62,71,80-81,87H,4-7,15-17,26,31-38,40-44H2,1-3H3,(H,72,82)(H,73,83)(H,75,84)(H,76,86)/t52?,53?,54-,55+,56+,62?/m1/s1. The summed E-state index contributed by atoms with van der Waals surface area (Å²) in [5.41, 5.74) is 5.95. The van der Waals surface area contributed by atoms with E-state index in [1.807, 2.05) is 83.7 Å². The summed E-state index contributed by atoms with van der Waals surface area (Å²) < 4.78 is 19.0. The Balaban J connectivity index is 0.710. The number of rotatable bonds is 25. The molecule has 16 nitrogen and oxygen atoms in total. The first-order valence-corrected chi connectivity index (χ1v) is 31.6. The third kappa shape index (κ3) is 16.5. The van der Waals surface area contributed by atoms with Gasteiger partial charge in [0.1, 0.15) is 23.2 Å². The number of likely N-dealkylation sites (tertiary alicyclic amines) is 1. The van der Waals surface area contributed by atoms with Gasteiger partial charge in [-0.25, -0.2) is 9.37 Å². The lowest BCUT2D eigenvalue weighted by Gasteiger charge is -2.36. The van der Waals surface area contributed by atoms with E-state index < -0.39 is 53.0 Å². The molecule has 0 bridgehead atoms. The van der Waals surface area contributed by atoms with Gasteiger partial charge in [0.05, 0.1) is 42.1 Å². The van der Waals surface area contributed by atoms with Crippen LogP contribution in [0.15, 0.2) is 116 Å². The highest BCUT2D eigenvalue weighted by molar-refractivity contribution is 7.79. The molecule has 1 unspecified atom stereocenters. The Kier molecular flexibility index (Phi) is 21.6. The number of aliphatic hydroxyl groups excluding tert-OH is 2. The molecule has 2 saturated carbocycles. The van der Waals surface area contributed by atoms with E-state index >= 15 is 0 Å². The van der Waals surface area contributed by atoms with Gasteiger partial charge in [-0.05, 0) is 110 Å². The van der Waals surface area contributed by atoms with E-state index in [1.165, 1.54) is 4.90 Å². The average Bonchev–Trinajstić information content (AvgIpc) is 1.67. The molecule has 4 atom stereocenters. The molecule has 3 fully saturated rings. The van der Waals surface area contributed by atoms with E-state index in [0.717, 1.165) is 88.6 Å². The summed E-state index contributed by atoms with van der Waals surface area (Å²) >= 11 is 4.36. The van der Waals surface area contributed by atoms with Crippen LogP contribution in [0, 0.1) is 22.7 Å². The summed E-state index contributed by atoms with van der Waals surface area (Å²) in [4.78, 5) is 73.4. The quantitative estimate of drug-likeness (QED) is 0.0156. The lowest BCUT2D eigenvalue weighted by molar-refractivity contribution is -0.145. The Bertz CT molecular complexity index is 3490. The van der Waals surface area contributed by atoms with Crippen LogP contribution in [-0.2, 0) is 36.3 Å². The highest BCUT2D eigenvalue weighted by atomic mass is 32.1. The van der Waals surface area contributed by atoms with Gasteiger partial charge in [0.15, 0.2) is 5.67 Å². The number of hydrogen-bond acceptors (Lipinski definition) is 10. The first-order chi connectivity index (χ1) is 41.9. The topological polar surface area (TPSA) is 224 Å². The van der Waals surface area contributed by atoms with Gasteiger partial charge in [0.2, 0.25) is 23.6 Å². The van der Waals surface area contributed by atoms with Crippen molar-refractivity contribution in [1.82, 2.24) is 40.3 Å². The summed E-state index contributed by atoms with van der Waals surface area (Å²) in [7, 11) is 0. The minimum Gasteiger partial charge on any atom is -0.393 e. The third-order valence-electron chi connectivity index (χ3n) is 17.0. The molecule has 2 aliphatic carbocycles. The van der Waals surface area contributed by atoms with Crippen molar-refractivity contribution in [2.45, 2.75) is 178 Å². The van der Waals surface area contributed by atoms with E-state index in [2.05, 4.69) is 86.7 Å². The summed E-state index contributed by atoms with van der Waals surface area (Å²) in [6.07, 6.45) is 9.34. The fourth-order valence-electron chi connectivity index (χ4n) is 11.9. The summed E-state index contributed by atoms with van der Waals surface area (Å²) in [6.45, 7) is 6.58. The highest BCUT2D eigenvalue weighted by Crippen LogP contribution is 2.42. The van der Waals surface area contributed by atoms with Crippen LogP contribution in [0.25, 0.3) is 33.4 Å². The van der Waals surface area contributed by atoms with E-state index in [4.69, 9.17) is 4.98 Å². The zero-order chi connectivity index (χ0) is 61.7. The van der Waals surface area contributed by atoms with Crippen molar-refractivity contribution in [2.75, 3.05) is 19.6 Å². The monoisotopic (exact) mass is 1200 g/mol. The van der Waals surface area contributed by atoms with Crippen LogP contribution in [0.5, 0.6) is 0 Å². The van der Waals surface area contributed by atoms with Crippen molar-refractivity contribution in [3.05, 3.63) is 143 Å². The maximum Gasteiger partial charge on any atom is 0.258 e. The fourth-order valence-corrected chi connectivity index (χ4v) is 12.1. The van der Waals surface area contributed by atoms with Gasteiger partial charge < -0.3 is 45.5 Å². The first-order valence-electron chi connectivity index (χ1n) is 31.0. The van der Waals surface area contributed by atoms with Gasteiger partial charge in [0.25, 0.3) is 5.91 Å². The molecule has 4 aromatic carbocycles. The number of amides is 5. The summed E-state index contributed by atoms with van der Waals surface area (Å²) in [6, 6.07) is 33.4. The second-order valence-electron chi connectivity index (χ2n) is 24.8. The van der Waals surface area contributed by atoms with Gasteiger partial charge in [0, 0.05) is 68.4 Å². The molecule has 460 valence electrons. The van der Waals surface area contributed by atoms with Crippen molar-refractivity contribution < 1.29 is 38.6 Å². The smallest absolute Gasteiger partial charge is 0.258 e. The number of aliphatic hydroxyl groups is 2. The van der Waals surface area contributed by atoms with E-state index in [-0.39, 0.29) is 56.2 Å². The van der Waals surface area contributed by atoms with E-state index in [1.54, 1.807) is 20.8 Å². The molecule has 1 aliphatic heterocycles. The molecule has 7 N–H and O–H groups in total. The first kappa shape index (κ1) is 63.9. The lowest BCUT2D eigenvalue weighted by atomic mass is 9.85. The molecule has 0 spiro atoms. The Labute approximate surface area is 515 Å². The largest absolute Gasteiger partial charge is 0.393 e. The van der Waals surface area contributed by atoms with E-state index in [0.29, 0.717) is 75.0 Å².